The van der Waals surface area contributed by atoms with Crippen LogP contribution in [0.4, 0.5) is 11.4 Å². The second kappa shape index (κ2) is 10.3. The molecule has 0 unspecified atom stereocenters. The van der Waals surface area contributed by atoms with Crippen molar-refractivity contribution in [3.05, 3.63) is 64.5 Å². The standard InChI is InChI=1S/C19H18N4O6S/c1-2-27-14-8-9-15(16(10-14)23(25)26)20-17(24)12-30-19-22-21-18(29-19)11-28-13-6-4-3-5-7-13/h3-10H,2,11-12H2,1H3,(H,20,24). The molecule has 0 aliphatic rings. The molecule has 3 rings (SSSR count). The first-order valence-electron chi connectivity index (χ1n) is 8.89. The van der Waals surface area contributed by atoms with Crippen molar-refractivity contribution in [2.24, 2.45) is 0 Å². The number of carbonyl (C=O) groups excluding carboxylic acids is 1. The van der Waals surface area contributed by atoms with Crippen LogP contribution in [0.25, 0.3) is 0 Å². The van der Waals surface area contributed by atoms with E-state index >= 15 is 0 Å². The first kappa shape index (κ1) is 21.1. The molecule has 0 atom stereocenters. The lowest BCUT2D eigenvalue weighted by Crippen LogP contribution is -2.15. The van der Waals surface area contributed by atoms with E-state index in [0.29, 0.717) is 18.1 Å². The van der Waals surface area contributed by atoms with Gasteiger partial charge in [0, 0.05) is 0 Å². The van der Waals surface area contributed by atoms with Crippen LogP contribution in [0.3, 0.4) is 0 Å². The van der Waals surface area contributed by atoms with Gasteiger partial charge in [0.05, 0.1) is 23.3 Å². The van der Waals surface area contributed by atoms with Gasteiger partial charge < -0.3 is 19.2 Å². The van der Waals surface area contributed by atoms with Crippen LogP contribution in [0.5, 0.6) is 11.5 Å². The molecule has 0 bridgehead atoms. The molecule has 0 spiro atoms. The maximum absolute atomic E-state index is 12.2. The van der Waals surface area contributed by atoms with Crippen molar-refractivity contribution in [1.82, 2.24) is 10.2 Å². The van der Waals surface area contributed by atoms with E-state index in [0.717, 1.165) is 11.8 Å². The van der Waals surface area contributed by atoms with Gasteiger partial charge in [-0.1, -0.05) is 30.0 Å². The minimum Gasteiger partial charge on any atom is -0.494 e. The summed E-state index contributed by atoms with van der Waals surface area (Å²) < 4.78 is 16.2. The van der Waals surface area contributed by atoms with E-state index in [1.807, 2.05) is 18.2 Å². The maximum Gasteiger partial charge on any atom is 0.296 e. The van der Waals surface area contributed by atoms with E-state index in [1.54, 1.807) is 25.1 Å². The number of ether oxygens (including phenoxy) is 2. The predicted octanol–water partition coefficient (Wildman–Crippen LogP) is 3.69. The lowest BCUT2D eigenvalue weighted by atomic mass is 10.2. The van der Waals surface area contributed by atoms with Crippen molar-refractivity contribution in [1.29, 1.82) is 0 Å². The fourth-order valence-corrected chi connectivity index (χ4v) is 2.94. The molecule has 156 valence electrons. The number of rotatable bonds is 10. The van der Waals surface area contributed by atoms with Crippen molar-refractivity contribution in [3.8, 4) is 11.5 Å². The molecule has 2 aromatic carbocycles. The third-order valence-corrected chi connectivity index (χ3v) is 4.45. The molecule has 1 aromatic heterocycles. The predicted molar refractivity (Wildman–Crippen MR) is 109 cm³/mol. The van der Waals surface area contributed by atoms with Gasteiger partial charge in [0.1, 0.15) is 17.2 Å². The van der Waals surface area contributed by atoms with Gasteiger partial charge in [-0.15, -0.1) is 10.2 Å². The Balaban J connectivity index is 1.52. The summed E-state index contributed by atoms with van der Waals surface area (Å²) in [6.07, 6.45) is 0. The Bertz CT molecular complexity index is 1010. The zero-order valence-electron chi connectivity index (χ0n) is 15.9. The number of carbonyl (C=O) groups is 1. The second-order valence-electron chi connectivity index (χ2n) is 5.77. The fourth-order valence-electron chi connectivity index (χ4n) is 2.35. The van der Waals surface area contributed by atoms with Gasteiger partial charge in [-0.25, -0.2) is 0 Å². The molecule has 30 heavy (non-hydrogen) atoms. The number of benzene rings is 2. The van der Waals surface area contributed by atoms with Gasteiger partial charge in [-0.05, 0) is 31.2 Å². The first-order chi connectivity index (χ1) is 14.5. The Morgan fingerprint density at radius 1 is 1.17 bits per heavy atom. The summed E-state index contributed by atoms with van der Waals surface area (Å²) in [5.74, 6) is 0.774. The lowest BCUT2D eigenvalue weighted by molar-refractivity contribution is -0.384. The Hall–Kier alpha value is -3.60. The number of amides is 1. The van der Waals surface area contributed by atoms with Crippen molar-refractivity contribution < 1.29 is 23.6 Å². The van der Waals surface area contributed by atoms with Crippen LogP contribution >= 0.6 is 11.8 Å². The lowest BCUT2D eigenvalue weighted by Gasteiger charge is -2.07. The number of aromatic nitrogens is 2. The third kappa shape index (κ3) is 5.95. The van der Waals surface area contributed by atoms with Crippen LogP contribution in [0.2, 0.25) is 0 Å². The highest BCUT2D eigenvalue weighted by Gasteiger charge is 2.18. The SMILES string of the molecule is CCOc1ccc(NC(=O)CSc2nnc(COc3ccccc3)o2)c([N+](=O)[O-])c1. The van der Waals surface area contributed by atoms with Crippen molar-refractivity contribution in [2.45, 2.75) is 18.8 Å². The Morgan fingerprint density at radius 2 is 1.97 bits per heavy atom. The second-order valence-corrected chi connectivity index (χ2v) is 6.70. The van der Waals surface area contributed by atoms with E-state index in [4.69, 9.17) is 13.9 Å². The maximum atomic E-state index is 12.2. The summed E-state index contributed by atoms with van der Waals surface area (Å²) in [5, 5.41) is 21.7. The average Bonchev–Trinajstić information content (AvgIpc) is 3.20. The number of nitro benzene ring substituents is 1. The highest BCUT2D eigenvalue weighted by atomic mass is 32.2. The molecule has 0 saturated heterocycles. The van der Waals surface area contributed by atoms with Crippen molar-refractivity contribution >= 4 is 29.0 Å². The fraction of sp³-hybridized carbons (Fsp3) is 0.211. The molecular weight excluding hydrogens is 412 g/mol. The summed E-state index contributed by atoms with van der Waals surface area (Å²) in [6.45, 7) is 2.25. The molecule has 0 saturated carbocycles. The Labute approximate surface area is 175 Å². The van der Waals surface area contributed by atoms with Crippen LogP contribution < -0.4 is 14.8 Å². The number of nitrogens with one attached hydrogen (secondary N) is 1. The molecule has 1 N–H and O–H groups in total. The van der Waals surface area contributed by atoms with Crippen LogP contribution in [0.1, 0.15) is 12.8 Å². The molecule has 0 radical (unpaired) electrons. The number of hydrogen-bond acceptors (Lipinski definition) is 9. The van der Waals surface area contributed by atoms with Crippen molar-refractivity contribution in [2.75, 3.05) is 17.7 Å². The molecule has 1 amide bonds. The number of hydrogen-bond donors (Lipinski definition) is 1. The third-order valence-electron chi connectivity index (χ3n) is 3.63. The number of nitrogens with zero attached hydrogens (tertiary/aromatic N) is 3. The summed E-state index contributed by atoms with van der Waals surface area (Å²) in [6, 6.07) is 13.4. The number of thioether (sulfide) groups is 1. The topological polar surface area (TPSA) is 130 Å². The number of nitro groups is 1. The highest BCUT2D eigenvalue weighted by Crippen LogP contribution is 2.29. The molecule has 10 nitrogen and oxygen atoms in total. The Kier molecular flexibility index (Phi) is 7.22. The smallest absolute Gasteiger partial charge is 0.296 e. The summed E-state index contributed by atoms with van der Waals surface area (Å²) in [7, 11) is 0. The summed E-state index contributed by atoms with van der Waals surface area (Å²) in [4.78, 5) is 22.9. The average molecular weight is 430 g/mol. The molecular formula is C19H18N4O6S. The van der Waals surface area contributed by atoms with E-state index in [2.05, 4.69) is 15.5 Å². The minimum absolute atomic E-state index is 0.0639. The van der Waals surface area contributed by atoms with Gasteiger partial charge in [-0.2, -0.15) is 0 Å². The van der Waals surface area contributed by atoms with Gasteiger partial charge in [-0.3, -0.25) is 14.9 Å². The zero-order valence-corrected chi connectivity index (χ0v) is 16.8. The normalized spacial score (nSPS) is 10.4. The first-order valence-corrected chi connectivity index (χ1v) is 9.88. The molecule has 0 aliphatic carbocycles. The highest BCUT2D eigenvalue weighted by molar-refractivity contribution is 7.99. The molecule has 1 heterocycles. The Morgan fingerprint density at radius 3 is 2.70 bits per heavy atom. The van der Waals surface area contributed by atoms with Crippen LogP contribution in [0, 0.1) is 10.1 Å². The van der Waals surface area contributed by atoms with E-state index < -0.39 is 10.8 Å². The van der Waals surface area contributed by atoms with E-state index in [-0.39, 0.29) is 34.8 Å². The monoisotopic (exact) mass is 430 g/mol. The summed E-state index contributed by atoms with van der Waals surface area (Å²) >= 11 is 1.01. The zero-order chi connectivity index (χ0) is 21.3. The van der Waals surface area contributed by atoms with Crippen molar-refractivity contribution in [3.63, 3.8) is 0 Å². The van der Waals surface area contributed by atoms with Gasteiger partial charge in [0.15, 0.2) is 6.61 Å². The minimum atomic E-state index is -0.581. The van der Waals surface area contributed by atoms with Crippen LogP contribution in [-0.2, 0) is 11.4 Å². The molecule has 11 heteroatoms. The van der Waals surface area contributed by atoms with Gasteiger partial charge in [0.2, 0.25) is 5.91 Å². The number of anilines is 1. The van der Waals surface area contributed by atoms with Gasteiger partial charge >= 0.3 is 0 Å². The van der Waals surface area contributed by atoms with Gasteiger partial charge in [0.25, 0.3) is 16.8 Å². The number of para-hydroxylation sites is 1. The molecule has 3 aromatic rings. The van der Waals surface area contributed by atoms with Crippen LogP contribution in [-0.4, -0.2) is 33.4 Å². The molecule has 0 aliphatic heterocycles. The van der Waals surface area contributed by atoms with E-state index in [9.17, 15) is 14.9 Å². The van der Waals surface area contributed by atoms with Crippen LogP contribution in [0.15, 0.2) is 58.2 Å². The summed E-state index contributed by atoms with van der Waals surface area (Å²) in [5.41, 5.74) is -0.172. The quantitative estimate of drug-likeness (QED) is 0.291. The van der Waals surface area contributed by atoms with E-state index in [1.165, 1.54) is 12.1 Å². The molecule has 0 fully saturated rings. The largest absolute Gasteiger partial charge is 0.494 e.